The van der Waals surface area contributed by atoms with E-state index in [-0.39, 0.29) is 23.1 Å². The molecule has 3 rings (SSSR count). The van der Waals surface area contributed by atoms with E-state index in [1.165, 1.54) is 36.4 Å². The first-order valence-electron chi connectivity index (χ1n) is 19.1. The van der Waals surface area contributed by atoms with Crippen molar-refractivity contribution in [3.63, 3.8) is 0 Å². The molecule has 0 aliphatic carbocycles. The second-order valence-electron chi connectivity index (χ2n) is 15.7. The molecular formula is C43H52O15Si3. The highest BCUT2D eigenvalue weighted by molar-refractivity contribution is 6.94. The molecule has 0 spiro atoms. The molecule has 0 saturated carbocycles. The van der Waals surface area contributed by atoms with Crippen molar-refractivity contribution in [2.75, 3.05) is 19.8 Å². The fourth-order valence-corrected chi connectivity index (χ4v) is 9.19. The Morgan fingerprint density at radius 3 is 0.918 bits per heavy atom. The van der Waals surface area contributed by atoms with E-state index < -0.39 is 85.8 Å². The van der Waals surface area contributed by atoms with E-state index in [1.807, 2.05) is 17.1 Å². The fraction of sp³-hybridized carbons (Fsp3) is 0.302. The van der Waals surface area contributed by atoms with Gasteiger partial charge in [-0.25, -0.2) is 43.7 Å². The predicted molar refractivity (Wildman–Crippen MR) is 232 cm³/mol. The molecule has 0 aromatic heterocycles. The van der Waals surface area contributed by atoms with Crippen LogP contribution in [0.4, 0.5) is 14.4 Å². The molecule has 0 aliphatic heterocycles. The Morgan fingerprint density at radius 1 is 0.459 bits per heavy atom. The molecule has 0 radical (unpaired) electrons. The molecule has 0 amide bonds. The average Bonchev–Trinajstić information content (AvgIpc) is 3.27. The van der Waals surface area contributed by atoms with Crippen LogP contribution >= 0.6 is 0 Å². The van der Waals surface area contributed by atoms with E-state index in [0.717, 1.165) is 15.6 Å². The molecule has 3 aromatic carbocycles. The summed E-state index contributed by atoms with van der Waals surface area (Å²) < 4.78 is 15.6. The normalized spacial score (nSPS) is 11.5. The van der Waals surface area contributed by atoms with Crippen molar-refractivity contribution < 1.29 is 72.3 Å². The SMILES string of the molecule is C=C[Si](C)(C)c1ccc(C(=O)OOC(=O)OCC(CCC)(COC(=O)OOC(=O)c2ccc([Si](C)(C)C=C)cc2)COC(=O)OOC(=O)c2ccc([Si](C)(C)C=C)cc2)cc1. The molecule has 0 bridgehead atoms. The number of benzene rings is 3. The predicted octanol–water partition coefficient (Wildman–Crippen LogP) is 7.47. The lowest BCUT2D eigenvalue weighted by Gasteiger charge is -2.30. The quantitative estimate of drug-likeness (QED) is 0.0427. The molecule has 0 atom stereocenters. The highest BCUT2D eigenvalue weighted by Crippen LogP contribution is 2.27. The van der Waals surface area contributed by atoms with Crippen molar-refractivity contribution in [3.05, 3.63) is 126 Å². The highest BCUT2D eigenvalue weighted by Gasteiger charge is 2.37. The summed E-state index contributed by atoms with van der Waals surface area (Å²) in [6, 6.07) is 19.6. The lowest BCUT2D eigenvalue weighted by molar-refractivity contribution is -0.217. The third-order valence-electron chi connectivity index (χ3n) is 9.95. The summed E-state index contributed by atoms with van der Waals surface area (Å²) in [5.41, 5.74) is 4.43. The second-order valence-corrected chi connectivity index (χ2v) is 29.0. The van der Waals surface area contributed by atoms with E-state index in [2.05, 4.69) is 88.3 Å². The van der Waals surface area contributed by atoms with E-state index >= 15 is 0 Å². The fourth-order valence-electron chi connectivity index (χ4n) is 5.40. The van der Waals surface area contributed by atoms with E-state index in [1.54, 1.807) is 43.3 Å². The number of carbonyl (C=O) groups excluding carboxylic acids is 6. The summed E-state index contributed by atoms with van der Waals surface area (Å²) in [6.45, 7) is 23.9. The van der Waals surface area contributed by atoms with Gasteiger partial charge in [-0.2, -0.15) is 14.4 Å². The molecule has 61 heavy (non-hydrogen) atoms. The Morgan fingerprint density at radius 2 is 0.705 bits per heavy atom. The zero-order chi connectivity index (χ0) is 45.4. The Kier molecular flexibility index (Phi) is 17.6. The van der Waals surface area contributed by atoms with Gasteiger partial charge in [0.05, 0.1) is 22.1 Å². The largest absolute Gasteiger partial charge is 0.549 e. The van der Waals surface area contributed by atoms with Gasteiger partial charge in [0, 0.05) is 0 Å². The van der Waals surface area contributed by atoms with Crippen LogP contribution in [0.25, 0.3) is 0 Å². The Labute approximate surface area is 358 Å². The minimum absolute atomic E-state index is 0.0599. The Bertz CT molecular complexity index is 1830. The van der Waals surface area contributed by atoms with E-state index in [0.29, 0.717) is 6.42 Å². The number of hydrogen-bond acceptors (Lipinski definition) is 15. The third kappa shape index (κ3) is 14.5. The summed E-state index contributed by atoms with van der Waals surface area (Å²) in [6.07, 6.45) is -3.99. The van der Waals surface area contributed by atoms with Crippen LogP contribution in [0.3, 0.4) is 0 Å². The van der Waals surface area contributed by atoms with Gasteiger partial charge in [0.1, 0.15) is 44.0 Å². The van der Waals surface area contributed by atoms with Gasteiger partial charge in [-0.1, -0.05) is 122 Å². The van der Waals surface area contributed by atoms with Crippen LogP contribution in [0.2, 0.25) is 39.3 Å². The van der Waals surface area contributed by atoms with Gasteiger partial charge >= 0.3 is 36.4 Å². The van der Waals surface area contributed by atoms with Gasteiger partial charge in [-0.05, 0) is 42.8 Å². The van der Waals surface area contributed by atoms with Crippen LogP contribution in [0, 0.1) is 5.41 Å². The molecule has 0 aliphatic rings. The number of rotatable bonds is 17. The lowest BCUT2D eigenvalue weighted by atomic mass is 9.86. The van der Waals surface area contributed by atoms with Crippen LogP contribution < -0.4 is 15.6 Å². The van der Waals surface area contributed by atoms with E-state index in [9.17, 15) is 28.8 Å². The molecule has 0 fully saturated rings. The standard InChI is InChI=1S/C43H52O15Si3/c1-11-27-43(28-50-40(47)56-53-37(44)31-15-21-34(22-16-31)59(5,6)12-2,29-51-41(48)57-54-38(45)32-17-23-35(24-18-32)60(7,8)13-3)30-52-42(49)58-55-39(46)33-19-25-36(26-20-33)61(9,10)14-4/h12-26H,2-4,11,27-30H2,1,5-10H3. The van der Waals surface area contributed by atoms with Crippen molar-refractivity contribution >= 4 is 76.2 Å². The van der Waals surface area contributed by atoms with Gasteiger partial charge in [0.25, 0.3) is 0 Å². The van der Waals surface area contributed by atoms with Crippen LogP contribution in [-0.4, -0.2) is 80.4 Å². The van der Waals surface area contributed by atoms with Gasteiger partial charge in [-0.3, -0.25) is 0 Å². The first-order chi connectivity index (χ1) is 28.7. The van der Waals surface area contributed by atoms with Gasteiger partial charge < -0.3 is 14.2 Å². The summed E-state index contributed by atoms with van der Waals surface area (Å²) in [4.78, 5) is 103. The first-order valence-corrected chi connectivity index (χ1v) is 28.3. The number of carbonyl (C=O) groups is 6. The van der Waals surface area contributed by atoms with Crippen LogP contribution in [0.1, 0.15) is 50.8 Å². The van der Waals surface area contributed by atoms with Gasteiger partial charge in [0.15, 0.2) is 0 Å². The molecule has 18 heteroatoms. The Balaban J connectivity index is 1.67. The lowest BCUT2D eigenvalue weighted by Crippen LogP contribution is -2.40. The maximum Gasteiger partial charge on any atom is 0.549 e. The molecule has 0 saturated heterocycles. The maximum atomic E-state index is 12.6. The summed E-state index contributed by atoms with van der Waals surface area (Å²) in [7, 11) is -5.68. The summed E-state index contributed by atoms with van der Waals surface area (Å²) in [5, 5.41) is 3.04. The number of hydrogen-bond donors (Lipinski definition) is 0. The monoisotopic (exact) mass is 892 g/mol. The second kappa shape index (κ2) is 21.8. The van der Waals surface area contributed by atoms with E-state index in [4.69, 9.17) is 14.2 Å². The van der Waals surface area contributed by atoms with Crippen molar-refractivity contribution in [2.45, 2.75) is 59.0 Å². The molecule has 0 heterocycles. The van der Waals surface area contributed by atoms with Crippen LogP contribution in [-0.2, 0) is 43.5 Å². The summed E-state index contributed by atoms with van der Waals surface area (Å²) in [5.74, 6) is -2.96. The molecule has 3 aromatic rings. The molecule has 0 N–H and O–H groups in total. The minimum Gasteiger partial charge on any atom is -0.431 e. The zero-order valence-electron chi connectivity index (χ0n) is 35.4. The topological polar surface area (TPSA) is 185 Å². The smallest absolute Gasteiger partial charge is 0.431 e. The van der Waals surface area contributed by atoms with Crippen molar-refractivity contribution in [1.29, 1.82) is 0 Å². The van der Waals surface area contributed by atoms with Crippen molar-refractivity contribution in [1.82, 2.24) is 0 Å². The molecule has 326 valence electrons. The minimum atomic E-state index is -1.89. The van der Waals surface area contributed by atoms with Crippen molar-refractivity contribution in [3.8, 4) is 0 Å². The molecule has 0 unspecified atom stereocenters. The molecule has 15 nitrogen and oxygen atoms in total. The third-order valence-corrected chi connectivity index (χ3v) is 18.5. The maximum absolute atomic E-state index is 12.6. The van der Waals surface area contributed by atoms with Crippen LogP contribution in [0.15, 0.2) is 110 Å². The van der Waals surface area contributed by atoms with Gasteiger partial charge in [-0.15, -0.1) is 19.7 Å². The van der Waals surface area contributed by atoms with Crippen molar-refractivity contribution in [2.24, 2.45) is 5.41 Å². The zero-order valence-corrected chi connectivity index (χ0v) is 38.4. The average molecular weight is 893 g/mol. The van der Waals surface area contributed by atoms with Crippen LogP contribution in [0.5, 0.6) is 0 Å². The number of ether oxygens (including phenoxy) is 3. The highest BCUT2D eigenvalue weighted by atomic mass is 28.3. The first kappa shape index (κ1) is 49.1. The Hall–Kier alpha value is -6.25. The summed E-state index contributed by atoms with van der Waals surface area (Å²) >= 11 is 0. The van der Waals surface area contributed by atoms with Gasteiger partial charge in [0.2, 0.25) is 0 Å². The molecular weight excluding hydrogens is 841 g/mol.